The number of hydrogen-bond donors (Lipinski definition) is 0. The van der Waals surface area contributed by atoms with E-state index in [1.165, 1.54) is 29.3 Å². The molecule has 142 valence electrons. The van der Waals surface area contributed by atoms with Crippen LogP contribution in [-0.2, 0) is 33.7 Å². The van der Waals surface area contributed by atoms with Crippen LogP contribution < -0.4 is 0 Å². The fourth-order valence-corrected chi connectivity index (χ4v) is 4.05. The molecular formula is C22H25NO3S. The second-order valence-electron chi connectivity index (χ2n) is 6.88. The number of amides is 1. The van der Waals surface area contributed by atoms with Crippen molar-refractivity contribution in [2.75, 3.05) is 12.8 Å². The molecule has 3 rings (SSSR count). The predicted molar refractivity (Wildman–Crippen MR) is 108 cm³/mol. The smallest absolute Gasteiger partial charge is 0.317 e. The molecule has 1 amide bonds. The van der Waals surface area contributed by atoms with E-state index in [9.17, 15) is 9.59 Å². The molecule has 0 saturated carbocycles. The van der Waals surface area contributed by atoms with Crippen LogP contribution in [0.3, 0.4) is 0 Å². The maximum atomic E-state index is 12.4. The standard InChI is InChI=1S/C22H25NO3S/c1-16(22(25)23(2)14-17-7-4-3-5-8-17)26-21(24)15-27-20-12-11-18-9-6-10-19(18)13-20/h3-5,7-8,11-13,16H,6,9-10,14-15H2,1-2H3. The van der Waals surface area contributed by atoms with Crippen molar-refractivity contribution in [1.82, 2.24) is 4.90 Å². The number of benzene rings is 2. The van der Waals surface area contributed by atoms with E-state index in [4.69, 9.17) is 4.74 Å². The van der Waals surface area contributed by atoms with Crippen molar-refractivity contribution < 1.29 is 14.3 Å². The molecule has 0 aromatic heterocycles. The highest BCUT2D eigenvalue weighted by Gasteiger charge is 2.21. The Bertz CT molecular complexity index is 806. The Balaban J connectivity index is 1.46. The number of thioether (sulfide) groups is 1. The van der Waals surface area contributed by atoms with E-state index in [1.54, 1.807) is 18.9 Å². The molecule has 1 aliphatic carbocycles. The van der Waals surface area contributed by atoms with Crippen LogP contribution in [0, 0.1) is 0 Å². The Labute approximate surface area is 164 Å². The third-order valence-electron chi connectivity index (χ3n) is 4.72. The van der Waals surface area contributed by atoms with Crippen molar-refractivity contribution in [2.45, 2.75) is 43.7 Å². The average Bonchev–Trinajstić information content (AvgIpc) is 3.14. The number of ether oxygens (including phenoxy) is 1. The Morgan fingerprint density at radius 3 is 2.63 bits per heavy atom. The molecule has 2 aromatic carbocycles. The van der Waals surface area contributed by atoms with Gasteiger partial charge in [0.25, 0.3) is 5.91 Å². The Morgan fingerprint density at radius 2 is 1.85 bits per heavy atom. The molecule has 0 radical (unpaired) electrons. The van der Waals surface area contributed by atoms with Crippen molar-refractivity contribution in [3.05, 3.63) is 65.2 Å². The number of carbonyl (C=O) groups is 2. The van der Waals surface area contributed by atoms with Crippen molar-refractivity contribution >= 4 is 23.6 Å². The number of aryl methyl sites for hydroxylation is 2. The summed E-state index contributed by atoms with van der Waals surface area (Å²) >= 11 is 1.46. The molecular weight excluding hydrogens is 358 g/mol. The number of rotatable bonds is 7. The van der Waals surface area contributed by atoms with Gasteiger partial charge < -0.3 is 9.64 Å². The summed E-state index contributed by atoms with van der Waals surface area (Å²) in [5.74, 6) is -0.358. The number of likely N-dealkylation sites (N-methyl/N-ethyl adjacent to an activating group) is 1. The predicted octanol–water partition coefficient (Wildman–Crippen LogP) is 3.86. The molecule has 0 aliphatic heterocycles. The van der Waals surface area contributed by atoms with Crippen LogP contribution in [-0.4, -0.2) is 35.7 Å². The first-order chi connectivity index (χ1) is 13.0. The zero-order valence-electron chi connectivity index (χ0n) is 15.8. The van der Waals surface area contributed by atoms with Crippen molar-refractivity contribution in [2.24, 2.45) is 0 Å². The van der Waals surface area contributed by atoms with E-state index in [-0.39, 0.29) is 17.6 Å². The van der Waals surface area contributed by atoms with Gasteiger partial charge in [0, 0.05) is 18.5 Å². The molecule has 0 fully saturated rings. The first kappa shape index (κ1) is 19.5. The molecule has 4 nitrogen and oxygen atoms in total. The Kier molecular flexibility index (Phi) is 6.56. The van der Waals surface area contributed by atoms with Crippen LogP contribution in [0.2, 0.25) is 0 Å². The molecule has 5 heteroatoms. The monoisotopic (exact) mass is 383 g/mol. The molecule has 0 heterocycles. The van der Waals surface area contributed by atoms with E-state index in [0.717, 1.165) is 23.3 Å². The van der Waals surface area contributed by atoms with Crippen LogP contribution in [0.25, 0.3) is 0 Å². The lowest BCUT2D eigenvalue weighted by Gasteiger charge is -2.21. The van der Waals surface area contributed by atoms with Gasteiger partial charge in [0.2, 0.25) is 0 Å². The first-order valence-corrected chi connectivity index (χ1v) is 10.2. The van der Waals surface area contributed by atoms with Gasteiger partial charge in [-0.1, -0.05) is 36.4 Å². The van der Waals surface area contributed by atoms with Gasteiger partial charge in [-0.25, -0.2) is 0 Å². The lowest BCUT2D eigenvalue weighted by Crippen LogP contribution is -2.37. The lowest BCUT2D eigenvalue weighted by atomic mass is 10.1. The molecule has 2 aromatic rings. The van der Waals surface area contributed by atoms with Crippen LogP contribution in [0.15, 0.2) is 53.4 Å². The van der Waals surface area contributed by atoms with E-state index >= 15 is 0 Å². The zero-order valence-corrected chi connectivity index (χ0v) is 16.6. The van der Waals surface area contributed by atoms with Crippen LogP contribution in [0.5, 0.6) is 0 Å². The molecule has 0 bridgehead atoms. The van der Waals surface area contributed by atoms with Crippen LogP contribution >= 0.6 is 11.8 Å². The number of nitrogens with zero attached hydrogens (tertiary/aromatic N) is 1. The Morgan fingerprint density at radius 1 is 1.11 bits per heavy atom. The van der Waals surface area contributed by atoms with Gasteiger partial charge in [-0.05, 0) is 55.0 Å². The molecule has 1 unspecified atom stereocenters. The summed E-state index contributed by atoms with van der Waals surface area (Å²) in [6.07, 6.45) is 2.69. The zero-order chi connectivity index (χ0) is 19.2. The summed E-state index contributed by atoms with van der Waals surface area (Å²) in [7, 11) is 1.72. The third kappa shape index (κ3) is 5.36. The molecule has 1 atom stereocenters. The van der Waals surface area contributed by atoms with Gasteiger partial charge in [0.05, 0.1) is 5.75 Å². The molecule has 0 spiro atoms. The first-order valence-electron chi connectivity index (χ1n) is 9.26. The second-order valence-corrected chi connectivity index (χ2v) is 7.93. The third-order valence-corrected chi connectivity index (χ3v) is 5.69. The average molecular weight is 384 g/mol. The van der Waals surface area contributed by atoms with Gasteiger partial charge in [-0.15, -0.1) is 11.8 Å². The highest BCUT2D eigenvalue weighted by atomic mass is 32.2. The van der Waals surface area contributed by atoms with Crippen LogP contribution in [0.4, 0.5) is 0 Å². The minimum Gasteiger partial charge on any atom is -0.452 e. The van der Waals surface area contributed by atoms with Crippen molar-refractivity contribution in [3.63, 3.8) is 0 Å². The molecule has 0 N–H and O–H groups in total. The summed E-state index contributed by atoms with van der Waals surface area (Å²) in [4.78, 5) is 27.2. The van der Waals surface area contributed by atoms with E-state index in [0.29, 0.717) is 6.54 Å². The molecule has 27 heavy (non-hydrogen) atoms. The van der Waals surface area contributed by atoms with E-state index in [2.05, 4.69) is 18.2 Å². The van der Waals surface area contributed by atoms with Crippen molar-refractivity contribution in [1.29, 1.82) is 0 Å². The normalized spacial score (nSPS) is 13.7. The Hall–Kier alpha value is -2.27. The number of esters is 1. The number of hydrogen-bond acceptors (Lipinski definition) is 4. The van der Waals surface area contributed by atoms with Gasteiger partial charge in [-0.3, -0.25) is 9.59 Å². The quantitative estimate of drug-likeness (QED) is 0.538. The SMILES string of the molecule is CC(OC(=O)CSc1ccc2c(c1)CCC2)C(=O)N(C)Cc1ccccc1. The van der Waals surface area contributed by atoms with E-state index < -0.39 is 6.10 Å². The largest absolute Gasteiger partial charge is 0.452 e. The van der Waals surface area contributed by atoms with E-state index in [1.807, 2.05) is 30.3 Å². The maximum Gasteiger partial charge on any atom is 0.317 e. The van der Waals surface area contributed by atoms with Gasteiger partial charge in [0.15, 0.2) is 6.10 Å². The topological polar surface area (TPSA) is 46.6 Å². The summed E-state index contributed by atoms with van der Waals surface area (Å²) in [5.41, 5.74) is 3.85. The highest BCUT2D eigenvalue weighted by molar-refractivity contribution is 8.00. The number of fused-ring (bicyclic) bond motifs is 1. The maximum absolute atomic E-state index is 12.4. The summed E-state index contributed by atoms with van der Waals surface area (Å²) in [6.45, 7) is 2.12. The minimum atomic E-state index is -0.785. The van der Waals surface area contributed by atoms with Gasteiger partial charge in [-0.2, -0.15) is 0 Å². The van der Waals surface area contributed by atoms with Gasteiger partial charge >= 0.3 is 5.97 Å². The highest BCUT2D eigenvalue weighted by Crippen LogP contribution is 2.27. The summed E-state index contributed by atoms with van der Waals surface area (Å²) in [5, 5.41) is 0. The minimum absolute atomic E-state index is 0.199. The summed E-state index contributed by atoms with van der Waals surface area (Å²) < 4.78 is 5.33. The lowest BCUT2D eigenvalue weighted by molar-refractivity contribution is -0.156. The molecule has 1 aliphatic rings. The fraction of sp³-hybridized carbons (Fsp3) is 0.364. The summed E-state index contributed by atoms with van der Waals surface area (Å²) in [6, 6.07) is 16.1. The second kappa shape index (κ2) is 9.09. The molecule has 0 saturated heterocycles. The van der Waals surface area contributed by atoms with Crippen LogP contribution in [0.1, 0.15) is 30.0 Å². The number of carbonyl (C=O) groups excluding carboxylic acids is 2. The van der Waals surface area contributed by atoms with Crippen molar-refractivity contribution in [3.8, 4) is 0 Å². The fourth-order valence-electron chi connectivity index (χ4n) is 3.31. The van der Waals surface area contributed by atoms with Gasteiger partial charge in [0.1, 0.15) is 0 Å².